The van der Waals surface area contributed by atoms with Gasteiger partial charge in [-0.05, 0) is 6.92 Å². The molecule has 0 aliphatic carbocycles. The number of hydrogen-bond donors (Lipinski definition) is 0. The molecule has 0 aromatic carbocycles. The van der Waals surface area contributed by atoms with Gasteiger partial charge in [0.25, 0.3) is 5.91 Å². The number of ether oxygens (including phenoxy) is 1. The molecule has 8 heteroatoms. The van der Waals surface area contributed by atoms with E-state index in [4.69, 9.17) is 9.26 Å². The summed E-state index contributed by atoms with van der Waals surface area (Å²) in [7, 11) is 1.75. The Kier molecular flexibility index (Phi) is 5.04. The lowest BCUT2D eigenvalue weighted by Crippen LogP contribution is -2.35. The molecule has 0 saturated carbocycles. The molecule has 1 aliphatic heterocycles. The summed E-state index contributed by atoms with van der Waals surface area (Å²) < 4.78 is 10.6. The number of carbonyl (C=O) groups is 1. The third kappa shape index (κ3) is 4.15. The van der Waals surface area contributed by atoms with Crippen LogP contribution in [0.4, 0.5) is 0 Å². The lowest BCUT2D eigenvalue weighted by molar-refractivity contribution is 0.0305. The topological polar surface area (TPSA) is 71.7 Å². The fourth-order valence-corrected chi connectivity index (χ4v) is 3.24. The molecule has 0 bridgehead atoms. The molecule has 3 rings (SSSR count). The average Bonchev–Trinajstić information content (AvgIpc) is 3.17. The summed E-state index contributed by atoms with van der Waals surface area (Å²) in [4.78, 5) is 20.6. The Morgan fingerprint density at radius 1 is 1.43 bits per heavy atom. The van der Waals surface area contributed by atoms with Crippen molar-refractivity contribution in [3.63, 3.8) is 0 Å². The molecule has 3 heterocycles. The van der Waals surface area contributed by atoms with Gasteiger partial charge >= 0.3 is 0 Å². The molecule has 1 aliphatic rings. The second-order valence-electron chi connectivity index (χ2n) is 5.61. The van der Waals surface area contributed by atoms with Crippen LogP contribution in [0, 0.1) is 6.92 Å². The van der Waals surface area contributed by atoms with E-state index in [0.717, 1.165) is 37.0 Å². The van der Waals surface area contributed by atoms with E-state index in [-0.39, 0.29) is 5.91 Å². The van der Waals surface area contributed by atoms with Crippen LogP contribution >= 0.6 is 11.3 Å². The van der Waals surface area contributed by atoms with Gasteiger partial charge in [-0.15, -0.1) is 11.3 Å². The van der Waals surface area contributed by atoms with Gasteiger partial charge in [-0.2, -0.15) is 0 Å². The average molecular weight is 336 g/mol. The predicted octanol–water partition coefficient (Wildman–Crippen LogP) is 1.54. The molecule has 0 N–H and O–H groups in total. The Morgan fingerprint density at radius 2 is 2.22 bits per heavy atom. The highest BCUT2D eigenvalue weighted by molar-refractivity contribution is 7.09. The fourth-order valence-electron chi connectivity index (χ4n) is 2.41. The monoisotopic (exact) mass is 336 g/mol. The Balaban J connectivity index is 1.58. The number of carbonyl (C=O) groups excluding carboxylic acids is 1. The number of aryl methyl sites for hydroxylation is 1. The van der Waals surface area contributed by atoms with E-state index in [2.05, 4.69) is 15.0 Å². The molecule has 23 heavy (non-hydrogen) atoms. The first kappa shape index (κ1) is 16.1. The second kappa shape index (κ2) is 7.20. The van der Waals surface area contributed by atoms with Crippen molar-refractivity contribution in [3.05, 3.63) is 33.6 Å². The van der Waals surface area contributed by atoms with Gasteiger partial charge in [0.05, 0.1) is 26.3 Å². The summed E-state index contributed by atoms with van der Waals surface area (Å²) in [5.41, 5.74) is 1.31. The lowest BCUT2D eigenvalue weighted by atomic mass is 10.3. The zero-order chi connectivity index (χ0) is 16.2. The van der Waals surface area contributed by atoms with Gasteiger partial charge < -0.3 is 14.2 Å². The quantitative estimate of drug-likeness (QED) is 0.825. The van der Waals surface area contributed by atoms with E-state index in [1.807, 2.05) is 12.3 Å². The van der Waals surface area contributed by atoms with Crippen molar-refractivity contribution >= 4 is 17.2 Å². The number of aromatic nitrogens is 2. The zero-order valence-corrected chi connectivity index (χ0v) is 14.1. The minimum Gasteiger partial charge on any atom is -0.379 e. The largest absolute Gasteiger partial charge is 0.379 e. The number of thiazole rings is 1. The van der Waals surface area contributed by atoms with Crippen LogP contribution in [0.2, 0.25) is 0 Å². The number of rotatable bonds is 5. The Bertz CT molecular complexity index is 663. The van der Waals surface area contributed by atoms with Crippen molar-refractivity contribution in [1.82, 2.24) is 19.9 Å². The zero-order valence-electron chi connectivity index (χ0n) is 13.3. The lowest BCUT2D eigenvalue weighted by Gasteiger charge is -2.25. The highest BCUT2D eigenvalue weighted by atomic mass is 32.1. The number of morpholine rings is 1. The minimum atomic E-state index is -0.158. The third-order valence-electron chi connectivity index (χ3n) is 3.65. The van der Waals surface area contributed by atoms with Crippen LogP contribution < -0.4 is 0 Å². The van der Waals surface area contributed by atoms with Gasteiger partial charge in [-0.3, -0.25) is 9.69 Å². The summed E-state index contributed by atoms with van der Waals surface area (Å²) in [5, 5.41) is 6.80. The molecule has 0 atom stereocenters. The van der Waals surface area contributed by atoms with Gasteiger partial charge in [-0.25, -0.2) is 4.98 Å². The summed E-state index contributed by atoms with van der Waals surface area (Å²) in [5.74, 6) is 0.545. The van der Waals surface area contributed by atoms with Gasteiger partial charge in [-0.1, -0.05) is 5.16 Å². The normalized spacial score (nSPS) is 15.7. The molecule has 0 radical (unpaired) electrons. The third-order valence-corrected chi connectivity index (χ3v) is 4.60. The number of nitrogens with zero attached hydrogens (tertiary/aromatic N) is 4. The van der Waals surface area contributed by atoms with Crippen LogP contribution in [-0.4, -0.2) is 59.2 Å². The summed E-state index contributed by atoms with van der Waals surface area (Å²) in [6.07, 6.45) is 0. The van der Waals surface area contributed by atoms with Crippen LogP contribution in [0.3, 0.4) is 0 Å². The molecule has 2 aromatic heterocycles. The van der Waals surface area contributed by atoms with Gasteiger partial charge in [0.1, 0.15) is 5.01 Å². The minimum absolute atomic E-state index is 0.158. The van der Waals surface area contributed by atoms with E-state index in [0.29, 0.717) is 24.5 Å². The maximum atomic E-state index is 12.4. The predicted molar refractivity (Wildman–Crippen MR) is 85.2 cm³/mol. The summed E-state index contributed by atoms with van der Waals surface area (Å²) >= 11 is 1.55. The van der Waals surface area contributed by atoms with E-state index in [1.165, 1.54) is 0 Å². The maximum absolute atomic E-state index is 12.4. The standard InChI is InChI=1S/C15H20N4O3S/c1-11-10-23-14(16-11)9-18(2)15(20)13-7-12(22-17-13)8-19-3-5-21-6-4-19/h7,10H,3-6,8-9H2,1-2H3. The van der Waals surface area contributed by atoms with Gasteiger partial charge in [0.15, 0.2) is 11.5 Å². The van der Waals surface area contributed by atoms with Crippen LogP contribution in [0.5, 0.6) is 0 Å². The van der Waals surface area contributed by atoms with Crippen LogP contribution in [0.15, 0.2) is 16.0 Å². The molecule has 1 amide bonds. The van der Waals surface area contributed by atoms with Crippen molar-refractivity contribution in [2.45, 2.75) is 20.0 Å². The fraction of sp³-hybridized carbons (Fsp3) is 0.533. The number of hydrogen-bond acceptors (Lipinski definition) is 7. The highest BCUT2D eigenvalue weighted by Gasteiger charge is 2.20. The van der Waals surface area contributed by atoms with E-state index in [9.17, 15) is 4.79 Å². The highest BCUT2D eigenvalue weighted by Crippen LogP contribution is 2.14. The van der Waals surface area contributed by atoms with Crippen molar-refractivity contribution in [2.24, 2.45) is 0 Å². The van der Waals surface area contributed by atoms with E-state index in [1.54, 1.807) is 29.4 Å². The molecule has 0 spiro atoms. The first-order valence-electron chi connectivity index (χ1n) is 7.54. The van der Waals surface area contributed by atoms with Crippen molar-refractivity contribution < 1.29 is 14.1 Å². The van der Waals surface area contributed by atoms with Crippen LogP contribution in [-0.2, 0) is 17.8 Å². The van der Waals surface area contributed by atoms with Crippen LogP contribution in [0.25, 0.3) is 0 Å². The van der Waals surface area contributed by atoms with E-state index >= 15 is 0 Å². The SMILES string of the molecule is Cc1csc(CN(C)C(=O)c2cc(CN3CCOCC3)on2)n1. The van der Waals surface area contributed by atoms with E-state index < -0.39 is 0 Å². The molecule has 1 fully saturated rings. The number of amides is 1. The molecular formula is C15H20N4O3S. The van der Waals surface area contributed by atoms with Crippen LogP contribution in [0.1, 0.15) is 27.0 Å². The van der Waals surface area contributed by atoms with Crippen molar-refractivity contribution in [3.8, 4) is 0 Å². The summed E-state index contributed by atoms with van der Waals surface area (Å²) in [6, 6.07) is 1.72. The second-order valence-corrected chi connectivity index (χ2v) is 6.55. The van der Waals surface area contributed by atoms with Gasteiger partial charge in [0, 0.05) is 37.3 Å². The maximum Gasteiger partial charge on any atom is 0.276 e. The molecule has 7 nitrogen and oxygen atoms in total. The van der Waals surface area contributed by atoms with Gasteiger partial charge in [0.2, 0.25) is 0 Å². The Labute approximate surface area is 138 Å². The molecule has 2 aromatic rings. The Morgan fingerprint density at radius 3 is 2.91 bits per heavy atom. The first-order chi connectivity index (χ1) is 11.1. The molecule has 0 unspecified atom stereocenters. The molecular weight excluding hydrogens is 316 g/mol. The first-order valence-corrected chi connectivity index (χ1v) is 8.42. The summed E-state index contributed by atoms with van der Waals surface area (Å²) in [6.45, 7) is 6.27. The molecule has 1 saturated heterocycles. The van der Waals surface area contributed by atoms with Crippen molar-refractivity contribution in [1.29, 1.82) is 0 Å². The smallest absolute Gasteiger partial charge is 0.276 e. The van der Waals surface area contributed by atoms with Crippen molar-refractivity contribution in [2.75, 3.05) is 33.4 Å². The Hall–Kier alpha value is -1.77. The molecule has 124 valence electrons.